The van der Waals surface area contributed by atoms with Gasteiger partial charge in [0.15, 0.2) is 0 Å². The molecule has 5 heteroatoms. The van der Waals surface area contributed by atoms with Crippen LogP contribution in [-0.4, -0.2) is 36.7 Å². The van der Waals surface area contributed by atoms with Gasteiger partial charge in [-0.05, 0) is 30.5 Å². The van der Waals surface area contributed by atoms with Crippen molar-refractivity contribution < 1.29 is 19.1 Å². The molecule has 3 aliphatic heterocycles. The van der Waals surface area contributed by atoms with Crippen LogP contribution in [0.3, 0.4) is 0 Å². The minimum Gasteiger partial charge on any atom is -0.465 e. The number of amides is 1. The number of fused-ring (bicyclic) bond motifs is 1. The van der Waals surface area contributed by atoms with Crippen molar-refractivity contribution in [3.05, 3.63) is 42.0 Å². The molecular weight excluding hydrogens is 330 g/mol. The molecule has 4 atom stereocenters. The number of rotatable bonds is 6. The number of ether oxygens (including phenoxy) is 2. The number of anilines is 1. The number of carbonyl (C=O) groups is 2. The average molecular weight is 355 g/mol. The monoisotopic (exact) mass is 355 g/mol. The van der Waals surface area contributed by atoms with Crippen molar-refractivity contribution in [1.29, 1.82) is 0 Å². The molecule has 0 aromatic heterocycles. The predicted molar refractivity (Wildman–Crippen MR) is 97.8 cm³/mol. The lowest BCUT2D eigenvalue weighted by molar-refractivity contribution is -0.152. The Morgan fingerprint density at radius 3 is 2.77 bits per heavy atom. The number of hydrogen-bond donors (Lipinski definition) is 0. The Morgan fingerprint density at radius 2 is 2.08 bits per heavy atom. The van der Waals surface area contributed by atoms with Crippen LogP contribution in [0.4, 0.5) is 5.69 Å². The molecule has 5 nitrogen and oxygen atoms in total. The quantitative estimate of drug-likeness (QED) is 0.447. The maximum atomic E-state index is 13.2. The van der Waals surface area contributed by atoms with Gasteiger partial charge >= 0.3 is 5.97 Å². The van der Waals surface area contributed by atoms with E-state index in [1.165, 1.54) is 5.56 Å². The normalized spacial score (nSPS) is 31.5. The maximum Gasteiger partial charge on any atom is 0.312 e. The van der Waals surface area contributed by atoms with E-state index in [1.54, 1.807) is 4.90 Å². The lowest BCUT2D eigenvalue weighted by Crippen LogP contribution is -2.40. The van der Waals surface area contributed by atoms with Crippen LogP contribution in [-0.2, 0) is 25.5 Å². The molecule has 4 rings (SSSR count). The molecule has 0 unspecified atom stereocenters. The fourth-order valence-electron chi connectivity index (χ4n) is 4.31. The van der Waals surface area contributed by atoms with Gasteiger partial charge in [0.1, 0.15) is 11.5 Å². The van der Waals surface area contributed by atoms with E-state index >= 15 is 0 Å². The Bertz CT molecular complexity index is 741. The number of aryl methyl sites for hydroxylation is 1. The van der Waals surface area contributed by atoms with Crippen molar-refractivity contribution in [1.82, 2.24) is 0 Å². The van der Waals surface area contributed by atoms with Crippen LogP contribution < -0.4 is 4.90 Å². The summed E-state index contributed by atoms with van der Waals surface area (Å²) >= 11 is 0. The third-order valence-corrected chi connectivity index (χ3v) is 5.77. The highest BCUT2D eigenvalue weighted by Crippen LogP contribution is 2.52. The molecule has 0 aliphatic carbocycles. The third-order valence-electron chi connectivity index (χ3n) is 5.77. The fourth-order valence-corrected chi connectivity index (χ4v) is 4.31. The first-order valence-electron chi connectivity index (χ1n) is 9.54. The van der Waals surface area contributed by atoms with E-state index in [0.717, 1.165) is 24.9 Å². The summed E-state index contributed by atoms with van der Waals surface area (Å²) < 4.78 is 11.5. The smallest absolute Gasteiger partial charge is 0.312 e. The van der Waals surface area contributed by atoms with Crippen LogP contribution in [0.25, 0.3) is 0 Å². The van der Waals surface area contributed by atoms with Gasteiger partial charge in [-0.25, -0.2) is 0 Å². The summed E-state index contributed by atoms with van der Waals surface area (Å²) in [5.74, 6) is -1.38. The highest BCUT2D eigenvalue weighted by Gasteiger charge is 2.67. The minimum absolute atomic E-state index is 0.0430. The molecule has 2 fully saturated rings. The maximum absolute atomic E-state index is 13.2. The topological polar surface area (TPSA) is 55.8 Å². The Kier molecular flexibility index (Phi) is 4.35. The van der Waals surface area contributed by atoms with E-state index in [2.05, 4.69) is 6.92 Å². The summed E-state index contributed by atoms with van der Waals surface area (Å²) in [6.45, 7) is 5.01. The average Bonchev–Trinajstić information content (AvgIpc) is 3.30. The summed E-state index contributed by atoms with van der Waals surface area (Å²) in [5, 5.41) is 0. The molecule has 26 heavy (non-hydrogen) atoms. The fraction of sp³-hybridized carbons (Fsp3) is 0.524. The van der Waals surface area contributed by atoms with Crippen LogP contribution in [0.5, 0.6) is 0 Å². The number of carbonyl (C=O) groups excluding carboxylic acids is 2. The van der Waals surface area contributed by atoms with Gasteiger partial charge in [0.25, 0.3) is 0 Å². The van der Waals surface area contributed by atoms with Crippen molar-refractivity contribution >= 4 is 17.6 Å². The lowest BCUT2D eigenvalue weighted by Gasteiger charge is -2.22. The predicted octanol–water partition coefficient (Wildman–Crippen LogP) is 2.88. The minimum atomic E-state index is -0.695. The van der Waals surface area contributed by atoms with Crippen LogP contribution in [0, 0.1) is 11.8 Å². The van der Waals surface area contributed by atoms with Crippen LogP contribution in [0.1, 0.15) is 32.3 Å². The summed E-state index contributed by atoms with van der Waals surface area (Å²) in [6, 6.07) is 8.02. The Balaban J connectivity index is 1.57. The lowest BCUT2D eigenvalue weighted by atomic mass is 9.77. The van der Waals surface area contributed by atoms with Crippen molar-refractivity contribution in [2.45, 2.75) is 44.8 Å². The van der Waals surface area contributed by atoms with Crippen molar-refractivity contribution in [2.24, 2.45) is 11.8 Å². The molecule has 3 heterocycles. The van der Waals surface area contributed by atoms with E-state index in [4.69, 9.17) is 9.47 Å². The van der Waals surface area contributed by atoms with E-state index in [9.17, 15) is 9.59 Å². The molecular formula is C21H25NO4. The van der Waals surface area contributed by atoms with Crippen molar-refractivity contribution in [3.63, 3.8) is 0 Å². The second-order valence-corrected chi connectivity index (χ2v) is 7.37. The molecule has 1 aromatic carbocycles. The Hall–Kier alpha value is -2.14. The summed E-state index contributed by atoms with van der Waals surface area (Å²) in [5.41, 5.74) is 1.39. The summed E-state index contributed by atoms with van der Waals surface area (Å²) in [7, 11) is 0. The zero-order chi connectivity index (χ0) is 18.3. The molecule has 1 spiro atoms. The zero-order valence-corrected chi connectivity index (χ0v) is 15.3. The molecule has 2 saturated heterocycles. The number of hydrogen-bond acceptors (Lipinski definition) is 4. The zero-order valence-electron chi connectivity index (χ0n) is 15.3. The van der Waals surface area contributed by atoms with Crippen LogP contribution in [0.15, 0.2) is 36.4 Å². The van der Waals surface area contributed by atoms with Gasteiger partial charge < -0.3 is 14.4 Å². The first-order valence-corrected chi connectivity index (χ1v) is 9.54. The second-order valence-electron chi connectivity index (χ2n) is 7.37. The molecule has 3 aliphatic rings. The largest absolute Gasteiger partial charge is 0.465 e. The second kappa shape index (κ2) is 6.54. The molecule has 2 bridgehead atoms. The molecule has 138 valence electrons. The first-order chi connectivity index (χ1) is 12.6. The van der Waals surface area contributed by atoms with Crippen LogP contribution >= 0.6 is 0 Å². The van der Waals surface area contributed by atoms with Gasteiger partial charge in [-0.3, -0.25) is 9.59 Å². The number of benzene rings is 1. The molecule has 1 aromatic rings. The third kappa shape index (κ3) is 2.57. The first kappa shape index (κ1) is 17.3. The van der Waals surface area contributed by atoms with E-state index < -0.39 is 17.4 Å². The Labute approximate surface area is 154 Å². The van der Waals surface area contributed by atoms with Gasteiger partial charge in [-0.2, -0.15) is 0 Å². The Morgan fingerprint density at radius 1 is 1.31 bits per heavy atom. The molecule has 0 radical (unpaired) electrons. The van der Waals surface area contributed by atoms with Gasteiger partial charge in [-0.1, -0.05) is 44.6 Å². The molecule has 0 saturated carbocycles. The molecule has 0 N–H and O–H groups in total. The van der Waals surface area contributed by atoms with E-state index in [1.807, 2.05) is 43.3 Å². The van der Waals surface area contributed by atoms with Crippen LogP contribution in [0.2, 0.25) is 0 Å². The van der Waals surface area contributed by atoms with E-state index in [0.29, 0.717) is 13.2 Å². The highest BCUT2D eigenvalue weighted by atomic mass is 16.6. The SMILES string of the molecule is CCCCOC(=O)[C@@H]1[C@H]2C(=O)N(c3ccc(CC)cc3)C[C@@]23C=C[C@H]1O3. The van der Waals surface area contributed by atoms with Gasteiger partial charge in [0, 0.05) is 5.69 Å². The standard InChI is InChI=1S/C21H25NO4/c1-3-5-12-25-20(24)17-16-10-11-21(26-16)13-22(19(23)18(17)21)15-8-6-14(4-2)7-9-15/h6-11,16-18H,3-5,12-13H2,1-2H3/t16-,17+,18+,21+/m1/s1. The summed E-state index contributed by atoms with van der Waals surface area (Å²) in [4.78, 5) is 27.5. The van der Waals surface area contributed by atoms with Crippen molar-refractivity contribution in [2.75, 3.05) is 18.1 Å². The van der Waals surface area contributed by atoms with Gasteiger partial charge in [-0.15, -0.1) is 0 Å². The van der Waals surface area contributed by atoms with Crippen molar-refractivity contribution in [3.8, 4) is 0 Å². The molecule has 1 amide bonds. The number of unbranched alkanes of at least 4 members (excludes halogenated alkanes) is 1. The van der Waals surface area contributed by atoms with Gasteiger partial charge in [0.2, 0.25) is 5.91 Å². The number of esters is 1. The highest BCUT2D eigenvalue weighted by molar-refractivity contribution is 6.02. The number of nitrogens with zero attached hydrogens (tertiary/aromatic N) is 1. The van der Waals surface area contributed by atoms with E-state index in [-0.39, 0.29) is 18.0 Å². The summed E-state index contributed by atoms with van der Waals surface area (Å²) in [6.07, 6.45) is 6.29. The van der Waals surface area contributed by atoms with Gasteiger partial charge in [0.05, 0.1) is 25.2 Å².